The zero-order valence-electron chi connectivity index (χ0n) is 15.8. The Labute approximate surface area is 172 Å². The molecule has 0 aliphatic rings. The number of thioether (sulfide) groups is 1. The number of nitrogens with zero attached hydrogens (tertiary/aromatic N) is 2. The van der Waals surface area contributed by atoms with Crippen molar-refractivity contribution in [3.8, 4) is 6.07 Å². The van der Waals surface area contributed by atoms with Crippen LogP contribution in [0.5, 0.6) is 0 Å². The van der Waals surface area contributed by atoms with Crippen LogP contribution in [0.2, 0.25) is 0 Å². The van der Waals surface area contributed by atoms with Crippen LogP contribution in [0.25, 0.3) is 0 Å². The molecule has 0 saturated carbocycles. The Morgan fingerprint density at radius 2 is 1.97 bits per heavy atom. The maximum absolute atomic E-state index is 12.7. The maximum atomic E-state index is 12.7. The number of nitro benzene ring substituents is 1. The second-order valence-electron chi connectivity index (χ2n) is 6.14. The van der Waals surface area contributed by atoms with Crippen molar-refractivity contribution in [2.75, 3.05) is 17.3 Å². The number of amides is 2. The van der Waals surface area contributed by atoms with Crippen LogP contribution in [0.4, 0.5) is 11.4 Å². The third-order valence-electron chi connectivity index (χ3n) is 4.06. The Kier molecular flexibility index (Phi) is 8.18. The SMILES string of the molecule is CSCC[C@H](NC(=O)c1cccc([N+](=O)[O-])c1)C(=O)Nc1ccc(CC#N)cc1. The van der Waals surface area contributed by atoms with Crippen LogP contribution in [-0.2, 0) is 11.2 Å². The van der Waals surface area contributed by atoms with Crippen LogP contribution in [0.15, 0.2) is 48.5 Å². The third kappa shape index (κ3) is 6.62. The largest absolute Gasteiger partial charge is 0.340 e. The van der Waals surface area contributed by atoms with Crippen molar-refractivity contribution in [3.63, 3.8) is 0 Å². The lowest BCUT2D eigenvalue weighted by Crippen LogP contribution is -2.44. The molecule has 2 aromatic rings. The number of nitro groups is 1. The highest BCUT2D eigenvalue weighted by Crippen LogP contribution is 2.15. The van der Waals surface area contributed by atoms with Gasteiger partial charge in [0, 0.05) is 23.4 Å². The lowest BCUT2D eigenvalue weighted by atomic mass is 10.1. The van der Waals surface area contributed by atoms with Crippen molar-refractivity contribution in [1.29, 1.82) is 5.26 Å². The molecule has 1 atom stereocenters. The molecular formula is C20H20N4O4S. The van der Waals surface area contributed by atoms with Gasteiger partial charge in [-0.3, -0.25) is 19.7 Å². The second-order valence-corrected chi connectivity index (χ2v) is 7.12. The van der Waals surface area contributed by atoms with Crippen LogP contribution < -0.4 is 10.6 Å². The summed E-state index contributed by atoms with van der Waals surface area (Å²) in [7, 11) is 0. The lowest BCUT2D eigenvalue weighted by Gasteiger charge is -2.18. The van der Waals surface area contributed by atoms with Crippen LogP contribution in [-0.4, -0.2) is 34.8 Å². The minimum Gasteiger partial charge on any atom is -0.340 e. The van der Waals surface area contributed by atoms with Gasteiger partial charge in [-0.1, -0.05) is 18.2 Å². The van der Waals surface area contributed by atoms with E-state index in [0.29, 0.717) is 17.9 Å². The fraction of sp³-hybridized carbons (Fsp3) is 0.250. The molecule has 0 aromatic heterocycles. The second kappa shape index (κ2) is 10.8. The van der Waals surface area contributed by atoms with E-state index < -0.39 is 16.9 Å². The molecule has 0 radical (unpaired) electrons. The Morgan fingerprint density at radius 1 is 1.24 bits per heavy atom. The number of benzene rings is 2. The van der Waals surface area contributed by atoms with Gasteiger partial charge in [0.15, 0.2) is 0 Å². The quantitative estimate of drug-likeness (QED) is 0.481. The van der Waals surface area contributed by atoms with E-state index in [1.54, 1.807) is 24.3 Å². The Balaban J connectivity index is 2.10. The number of hydrogen-bond acceptors (Lipinski definition) is 6. The first-order valence-corrected chi connectivity index (χ1v) is 10.1. The maximum Gasteiger partial charge on any atom is 0.270 e. The summed E-state index contributed by atoms with van der Waals surface area (Å²) < 4.78 is 0. The first-order chi connectivity index (χ1) is 13.9. The normalized spacial score (nSPS) is 11.2. The third-order valence-corrected chi connectivity index (χ3v) is 4.70. The van der Waals surface area contributed by atoms with Crippen LogP contribution in [0.1, 0.15) is 22.3 Å². The van der Waals surface area contributed by atoms with E-state index in [0.717, 1.165) is 5.56 Å². The van der Waals surface area contributed by atoms with Crippen LogP contribution in [0, 0.1) is 21.4 Å². The van der Waals surface area contributed by atoms with Crippen molar-refractivity contribution >= 4 is 35.0 Å². The average Bonchev–Trinajstić information content (AvgIpc) is 2.72. The summed E-state index contributed by atoms with van der Waals surface area (Å²) in [5, 5.41) is 25.0. The number of rotatable bonds is 9. The smallest absolute Gasteiger partial charge is 0.270 e. The van der Waals surface area contributed by atoms with E-state index in [1.165, 1.54) is 36.0 Å². The molecule has 2 amide bonds. The first kappa shape index (κ1) is 21.9. The van der Waals surface area contributed by atoms with Gasteiger partial charge in [-0.05, 0) is 42.2 Å². The zero-order valence-corrected chi connectivity index (χ0v) is 16.6. The van der Waals surface area contributed by atoms with E-state index in [1.807, 2.05) is 6.26 Å². The van der Waals surface area contributed by atoms with Gasteiger partial charge in [0.05, 0.1) is 17.4 Å². The first-order valence-electron chi connectivity index (χ1n) is 8.75. The predicted octanol–water partition coefficient (Wildman–Crippen LogP) is 3.15. The van der Waals surface area contributed by atoms with Gasteiger partial charge in [0.25, 0.3) is 11.6 Å². The number of nitriles is 1. The molecule has 9 heteroatoms. The van der Waals surface area contributed by atoms with Crippen molar-refractivity contribution in [2.24, 2.45) is 0 Å². The van der Waals surface area contributed by atoms with E-state index in [9.17, 15) is 19.7 Å². The highest BCUT2D eigenvalue weighted by molar-refractivity contribution is 7.98. The molecule has 29 heavy (non-hydrogen) atoms. The van der Waals surface area contributed by atoms with E-state index >= 15 is 0 Å². The number of non-ortho nitro benzene ring substituents is 1. The average molecular weight is 412 g/mol. The van der Waals surface area contributed by atoms with Gasteiger partial charge in [0.2, 0.25) is 5.91 Å². The standard InChI is InChI=1S/C20H20N4O4S/c1-29-12-10-18(20(26)22-16-7-5-14(6-8-16)9-11-21)23-19(25)15-3-2-4-17(13-15)24(27)28/h2-8,13,18H,9-10,12H2,1H3,(H,22,26)(H,23,25)/t18-/m0/s1. The molecule has 0 spiro atoms. The Morgan fingerprint density at radius 3 is 2.59 bits per heavy atom. The Bertz CT molecular complexity index is 925. The van der Waals surface area contributed by atoms with Crippen molar-refractivity contribution < 1.29 is 14.5 Å². The summed E-state index contributed by atoms with van der Waals surface area (Å²) in [6.07, 6.45) is 2.58. The molecule has 0 saturated heterocycles. The van der Waals surface area contributed by atoms with E-state index in [4.69, 9.17) is 5.26 Å². The summed E-state index contributed by atoms with van der Waals surface area (Å²) in [6, 6.07) is 13.5. The van der Waals surface area contributed by atoms with E-state index in [2.05, 4.69) is 16.7 Å². The van der Waals surface area contributed by atoms with Crippen LogP contribution in [0.3, 0.4) is 0 Å². The van der Waals surface area contributed by atoms with Gasteiger partial charge in [0.1, 0.15) is 6.04 Å². The molecule has 2 aromatic carbocycles. The minimum atomic E-state index is -0.798. The topological polar surface area (TPSA) is 125 Å². The Hall–Kier alpha value is -3.38. The molecular weight excluding hydrogens is 392 g/mol. The van der Waals surface area contributed by atoms with Gasteiger partial charge in [-0.25, -0.2) is 0 Å². The molecule has 2 rings (SSSR count). The molecule has 0 aliphatic carbocycles. The fourth-order valence-electron chi connectivity index (χ4n) is 2.53. The van der Waals surface area contributed by atoms with Crippen molar-refractivity contribution in [3.05, 3.63) is 69.8 Å². The monoisotopic (exact) mass is 412 g/mol. The number of hydrogen-bond donors (Lipinski definition) is 2. The number of anilines is 1. The summed E-state index contributed by atoms with van der Waals surface area (Å²) in [4.78, 5) is 35.5. The highest BCUT2D eigenvalue weighted by Gasteiger charge is 2.22. The molecule has 0 unspecified atom stereocenters. The van der Waals surface area contributed by atoms with Crippen molar-refractivity contribution in [1.82, 2.24) is 5.32 Å². The molecule has 8 nitrogen and oxygen atoms in total. The predicted molar refractivity (Wildman–Crippen MR) is 112 cm³/mol. The summed E-state index contributed by atoms with van der Waals surface area (Å²) in [5.74, 6) is -0.292. The molecule has 150 valence electrons. The molecule has 2 N–H and O–H groups in total. The zero-order chi connectivity index (χ0) is 21.2. The van der Waals surface area contributed by atoms with E-state index in [-0.39, 0.29) is 23.6 Å². The molecule has 0 bridgehead atoms. The number of nitrogens with one attached hydrogen (secondary N) is 2. The van der Waals surface area contributed by atoms with Gasteiger partial charge < -0.3 is 10.6 Å². The minimum absolute atomic E-state index is 0.113. The van der Waals surface area contributed by atoms with Gasteiger partial charge >= 0.3 is 0 Å². The molecule has 0 heterocycles. The van der Waals surface area contributed by atoms with Gasteiger partial charge in [-0.15, -0.1) is 0 Å². The lowest BCUT2D eigenvalue weighted by molar-refractivity contribution is -0.384. The number of carbonyl (C=O) groups excluding carboxylic acids is 2. The fourth-order valence-corrected chi connectivity index (χ4v) is 3.00. The summed E-state index contributed by atoms with van der Waals surface area (Å²) >= 11 is 1.54. The van der Waals surface area contributed by atoms with Crippen LogP contribution >= 0.6 is 11.8 Å². The summed E-state index contributed by atoms with van der Waals surface area (Å²) in [5.41, 5.74) is 1.31. The molecule has 0 aliphatic heterocycles. The number of carbonyl (C=O) groups is 2. The van der Waals surface area contributed by atoms with Crippen molar-refractivity contribution in [2.45, 2.75) is 18.9 Å². The highest BCUT2D eigenvalue weighted by atomic mass is 32.2. The molecule has 0 fully saturated rings. The summed E-state index contributed by atoms with van der Waals surface area (Å²) in [6.45, 7) is 0. The van der Waals surface area contributed by atoms with Gasteiger partial charge in [-0.2, -0.15) is 17.0 Å².